The highest BCUT2D eigenvalue weighted by atomic mass is 16.5. The van der Waals surface area contributed by atoms with E-state index >= 15 is 0 Å². The van der Waals surface area contributed by atoms with Gasteiger partial charge in [0.05, 0.1) is 0 Å². The van der Waals surface area contributed by atoms with Gasteiger partial charge in [0.2, 0.25) is 0 Å². The molecule has 0 heterocycles. The van der Waals surface area contributed by atoms with Gasteiger partial charge >= 0.3 is 0 Å². The maximum atomic E-state index is 5.23. The summed E-state index contributed by atoms with van der Waals surface area (Å²) < 4.78 is 5.23. The second-order valence-electron chi connectivity index (χ2n) is 2.93. The molecule has 1 heteroatoms. The van der Waals surface area contributed by atoms with Crippen LogP contribution in [0, 0.1) is 12.0 Å². The zero-order chi connectivity index (χ0) is 9.52. The minimum Gasteiger partial charge on any atom is -0.443 e. The molecule has 1 nitrogen and oxygen atoms in total. The summed E-state index contributed by atoms with van der Waals surface area (Å²) in [6, 6.07) is 9.83. The molecule has 1 aromatic rings. The lowest BCUT2D eigenvalue weighted by molar-refractivity contribution is 0.181. The molecule has 1 aromatic carbocycles. The molecule has 0 N–H and O–H groups in total. The van der Waals surface area contributed by atoms with E-state index in [1.807, 2.05) is 37.3 Å². The molecule has 0 aromatic heterocycles. The summed E-state index contributed by atoms with van der Waals surface area (Å²) in [5, 5.41) is 0. The van der Waals surface area contributed by atoms with Crippen molar-refractivity contribution in [3.63, 3.8) is 0 Å². The van der Waals surface area contributed by atoms with Crippen molar-refractivity contribution in [1.82, 2.24) is 0 Å². The molecule has 1 atom stereocenters. The Morgan fingerprint density at radius 1 is 1.31 bits per heavy atom. The number of benzene rings is 1. The first-order valence-corrected chi connectivity index (χ1v) is 4.54. The van der Waals surface area contributed by atoms with Gasteiger partial charge in [0.25, 0.3) is 0 Å². The first-order valence-electron chi connectivity index (χ1n) is 4.54. The molecule has 0 saturated heterocycles. The van der Waals surface area contributed by atoms with Crippen molar-refractivity contribution in [2.24, 2.45) is 0 Å². The topological polar surface area (TPSA) is 9.23 Å². The molecule has 0 aliphatic heterocycles. The quantitative estimate of drug-likeness (QED) is 0.626. The van der Waals surface area contributed by atoms with E-state index in [2.05, 4.69) is 19.0 Å². The van der Waals surface area contributed by atoms with Crippen LogP contribution < -0.4 is 0 Å². The normalized spacial score (nSPS) is 11.2. The van der Waals surface area contributed by atoms with Crippen LogP contribution in [0.2, 0.25) is 0 Å². The average Bonchev–Trinajstić information content (AvgIpc) is 2.19. The van der Waals surface area contributed by atoms with Crippen molar-refractivity contribution in [2.45, 2.75) is 26.4 Å². The fourth-order valence-corrected chi connectivity index (χ4v) is 0.794. The summed E-state index contributed by atoms with van der Waals surface area (Å²) in [6.45, 7) is 4.09. The van der Waals surface area contributed by atoms with Crippen molar-refractivity contribution in [2.75, 3.05) is 0 Å². The van der Waals surface area contributed by atoms with Gasteiger partial charge in [0.1, 0.15) is 12.2 Å². The SMILES string of the molecule is CCC(C)OC#Cc1ccccc1. The van der Waals surface area contributed by atoms with E-state index in [4.69, 9.17) is 4.74 Å². The fourth-order valence-electron chi connectivity index (χ4n) is 0.794. The second kappa shape index (κ2) is 5.27. The Morgan fingerprint density at radius 3 is 2.62 bits per heavy atom. The van der Waals surface area contributed by atoms with E-state index in [1.54, 1.807) is 0 Å². The van der Waals surface area contributed by atoms with Gasteiger partial charge < -0.3 is 4.74 Å². The largest absolute Gasteiger partial charge is 0.443 e. The standard InChI is InChI=1S/C12H14O/c1-3-11(2)13-10-9-12-7-5-4-6-8-12/h4-8,11H,3H2,1-2H3. The summed E-state index contributed by atoms with van der Waals surface area (Å²) >= 11 is 0. The Kier molecular flexibility index (Phi) is 3.92. The predicted octanol–water partition coefficient (Wildman–Crippen LogP) is 2.81. The van der Waals surface area contributed by atoms with Gasteiger partial charge in [-0.05, 0) is 31.4 Å². The van der Waals surface area contributed by atoms with Gasteiger partial charge in [0, 0.05) is 5.56 Å². The Bertz CT molecular complexity index is 292. The Balaban J connectivity index is 2.49. The molecule has 0 aliphatic rings. The summed E-state index contributed by atoms with van der Waals surface area (Å²) in [4.78, 5) is 0. The van der Waals surface area contributed by atoms with Crippen LogP contribution in [0.25, 0.3) is 0 Å². The Morgan fingerprint density at radius 2 is 2.00 bits per heavy atom. The van der Waals surface area contributed by atoms with E-state index in [0.29, 0.717) is 0 Å². The summed E-state index contributed by atoms with van der Waals surface area (Å²) in [7, 11) is 0. The number of hydrogen-bond donors (Lipinski definition) is 0. The fraction of sp³-hybridized carbons (Fsp3) is 0.333. The molecular formula is C12H14O. The molecule has 0 amide bonds. The first kappa shape index (κ1) is 9.67. The summed E-state index contributed by atoms with van der Waals surface area (Å²) in [5.41, 5.74) is 0.991. The molecule has 0 aliphatic carbocycles. The average molecular weight is 174 g/mol. The molecule has 13 heavy (non-hydrogen) atoms. The minimum absolute atomic E-state index is 0.219. The van der Waals surface area contributed by atoms with E-state index < -0.39 is 0 Å². The van der Waals surface area contributed by atoms with Crippen LogP contribution in [0.4, 0.5) is 0 Å². The van der Waals surface area contributed by atoms with E-state index in [1.165, 1.54) is 0 Å². The van der Waals surface area contributed by atoms with Crippen molar-refractivity contribution in [3.05, 3.63) is 35.9 Å². The highest BCUT2D eigenvalue weighted by Crippen LogP contribution is 1.96. The molecule has 0 bridgehead atoms. The molecule has 0 fully saturated rings. The van der Waals surface area contributed by atoms with Crippen molar-refractivity contribution < 1.29 is 4.74 Å². The van der Waals surface area contributed by atoms with Gasteiger partial charge in [-0.3, -0.25) is 0 Å². The third-order valence-electron chi connectivity index (χ3n) is 1.80. The number of rotatable bonds is 2. The van der Waals surface area contributed by atoms with Crippen molar-refractivity contribution >= 4 is 0 Å². The predicted molar refractivity (Wildman–Crippen MR) is 54.2 cm³/mol. The van der Waals surface area contributed by atoms with Crippen LogP contribution in [0.1, 0.15) is 25.8 Å². The van der Waals surface area contributed by atoms with Crippen LogP contribution in [-0.4, -0.2) is 6.10 Å². The summed E-state index contributed by atoms with van der Waals surface area (Å²) in [5.74, 6) is 2.94. The maximum absolute atomic E-state index is 5.23. The maximum Gasteiger partial charge on any atom is 0.115 e. The molecular weight excluding hydrogens is 160 g/mol. The minimum atomic E-state index is 0.219. The van der Waals surface area contributed by atoms with E-state index in [9.17, 15) is 0 Å². The first-order chi connectivity index (χ1) is 6.33. The third-order valence-corrected chi connectivity index (χ3v) is 1.80. The van der Waals surface area contributed by atoms with Crippen LogP contribution in [-0.2, 0) is 4.74 Å². The van der Waals surface area contributed by atoms with Gasteiger partial charge in [-0.25, -0.2) is 0 Å². The van der Waals surface area contributed by atoms with Gasteiger partial charge in [-0.15, -0.1) is 0 Å². The lowest BCUT2D eigenvalue weighted by Crippen LogP contribution is -2.00. The lowest BCUT2D eigenvalue weighted by atomic mass is 10.2. The molecule has 0 radical (unpaired) electrons. The van der Waals surface area contributed by atoms with Gasteiger partial charge in [0.15, 0.2) is 0 Å². The lowest BCUT2D eigenvalue weighted by Gasteiger charge is -2.02. The van der Waals surface area contributed by atoms with Gasteiger partial charge in [-0.1, -0.05) is 25.1 Å². The molecule has 0 saturated carbocycles. The van der Waals surface area contributed by atoms with Crippen LogP contribution >= 0.6 is 0 Å². The van der Waals surface area contributed by atoms with E-state index in [0.717, 1.165) is 12.0 Å². The number of hydrogen-bond acceptors (Lipinski definition) is 1. The molecule has 1 rings (SSSR count). The van der Waals surface area contributed by atoms with Gasteiger partial charge in [-0.2, -0.15) is 0 Å². The molecule has 1 unspecified atom stereocenters. The van der Waals surface area contributed by atoms with Crippen molar-refractivity contribution in [3.8, 4) is 12.0 Å². The van der Waals surface area contributed by atoms with Crippen LogP contribution in [0.15, 0.2) is 30.3 Å². The second-order valence-corrected chi connectivity index (χ2v) is 2.93. The van der Waals surface area contributed by atoms with E-state index in [-0.39, 0.29) is 6.10 Å². The Hall–Kier alpha value is -1.42. The van der Waals surface area contributed by atoms with Crippen LogP contribution in [0.3, 0.4) is 0 Å². The smallest absolute Gasteiger partial charge is 0.115 e. The van der Waals surface area contributed by atoms with Crippen LogP contribution in [0.5, 0.6) is 0 Å². The summed E-state index contributed by atoms with van der Waals surface area (Å²) in [6.07, 6.45) is 3.91. The number of ether oxygens (including phenoxy) is 1. The highest BCUT2D eigenvalue weighted by Gasteiger charge is 1.92. The molecule has 68 valence electrons. The molecule has 0 spiro atoms. The zero-order valence-electron chi connectivity index (χ0n) is 8.08. The monoisotopic (exact) mass is 174 g/mol. The highest BCUT2D eigenvalue weighted by molar-refractivity contribution is 5.32. The zero-order valence-corrected chi connectivity index (χ0v) is 8.08. The third kappa shape index (κ3) is 3.66. The van der Waals surface area contributed by atoms with Crippen molar-refractivity contribution in [1.29, 1.82) is 0 Å². The Labute approximate surface area is 79.7 Å².